The van der Waals surface area contributed by atoms with Gasteiger partial charge in [0.15, 0.2) is 11.5 Å². The standard InChI is InChI=1S/C19H18ClN3O3/c1-24-17-7-4-12(18(25-2)19(17)26-3)11-22-23-15-8-9-21-16-10-13(20)5-6-14(15)16/h4-11H,1-3H3,(H,21,23). The van der Waals surface area contributed by atoms with Gasteiger partial charge in [-0.3, -0.25) is 10.4 Å². The van der Waals surface area contributed by atoms with Crippen molar-refractivity contribution >= 4 is 34.4 Å². The summed E-state index contributed by atoms with van der Waals surface area (Å²) in [6.45, 7) is 0. The van der Waals surface area contributed by atoms with Gasteiger partial charge in [0, 0.05) is 22.2 Å². The fraction of sp³-hybridized carbons (Fsp3) is 0.158. The maximum atomic E-state index is 6.02. The SMILES string of the molecule is COc1ccc(C=NNc2ccnc3cc(Cl)ccc23)c(OC)c1OC. The molecule has 0 fully saturated rings. The minimum absolute atomic E-state index is 0.517. The molecule has 1 N–H and O–H groups in total. The number of methoxy groups -OCH3 is 3. The number of hydrogen-bond donors (Lipinski definition) is 1. The molecule has 0 bridgehead atoms. The minimum atomic E-state index is 0.517. The third-order valence-electron chi connectivity index (χ3n) is 3.83. The predicted molar refractivity (Wildman–Crippen MR) is 104 cm³/mol. The molecule has 26 heavy (non-hydrogen) atoms. The lowest BCUT2D eigenvalue weighted by Crippen LogP contribution is -1.99. The van der Waals surface area contributed by atoms with E-state index in [1.54, 1.807) is 39.8 Å². The Balaban J connectivity index is 1.90. The molecule has 0 radical (unpaired) electrons. The maximum absolute atomic E-state index is 6.02. The van der Waals surface area contributed by atoms with Crippen molar-refractivity contribution in [1.29, 1.82) is 0 Å². The number of benzene rings is 2. The van der Waals surface area contributed by atoms with E-state index in [2.05, 4.69) is 15.5 Å². The summed E-state index contributed by atoms with van der Waals surface area (Å²) in [5.41, 5.74) is 5.40. The summed E-state index contributed by atoms with van der Waals surface area (Å²) in [6.07, 6.45) is 3.36. The number of hydrogen-bond acceptors (Lipinski definition) is 6. The van der Waals surface area contributed by atoms with Crippen LogP contribution >= 0.6 is 11.6 Å². The number of pyridine rings is 1. The van der Waals surface area contributed by atoms with Gasteiger partial charge in [0.25, 0.3) is 0 Å². The van der Waals surface area contributed by atoms with Gasteiger partial charge in [0.1, 0.15) is 0 Å². The molecule has 0 aliphatic rings. The van der Waals surface area contributed by atoms with Gasteiger partial charge in [-0.15, -0.1) is 0 Å². The van der Waals surface area contributed by atoms with Crippen LogP contribution in [0.2, 0.25) is 5.02 Å². The molecule has 6 nitrogen and oxygen atoms in total. The van der Waals surface area contributed by atoms with Gasteiger partial charge in [-0.2, -0.15) is 5.10 Å². The molecule has 0 amide bonds. The number of hydrazone groups is 1. The largest absolute Gasteiger partial charge is 0.493 e. The predicted octanol–water partition coefficient (Wildman–Crippen LogP) is 4.36. The first-order chi connectivity index (χ1) is 12.7. The number of rotatable bonds is 6. The highest BCUT2D eigenvalue weighted by molar-refractivity contribution is 6.31. The molecule has 7 heteroatoms. The lowest BCUT2D eigenvalue weighted by Gasteiger charge is -2.13. The van der Waals surface area contributed by atoms with Crippen molar-refractivity contribution < 1.29 is 14.2 Å². The Morgan fingerprint density at radius 3 is 2.54 bits per heavy atom. The van der Waals surface area contributed by atoms with E-state index in [1.165, 1.54) is 0 Å². The quantitative estimate of drug-likeness (QED) is 0.515. The van der Waals surface area contributed by atoms with Gasteiger partial charge in [-0.05, 0) is 36.4 Å². The summed E-state index contributed by atoms with van der Waals surface area (Å²) in [6, 6.07) is 11.0. The molecule has 0 aliphatic heterocycles. The van der Waals surface area contributed by atoms with Crippen LogP contribution < -0.4 is 19.6 Å². The van der Waals surface area contributed by atoms with Gasteiger partial charge in [0.2, 0.25) is 5.75 Å². The molecule has 0 aliphatic carbocycles. The van der Waals surface area contributed by atoms with Crippen molar-refractivity contribution in [2.75, 3.05) is 26.8 Å². The Morgan fingerprint density at radius 2 is 1.81 bits per heavy atom. The number of fused-ring (bicyclic) bond motifs is 1. The van der Waals surface area contributed by atoms with Gasteiger partial charge in [-0.25, -0.2) is 0 Å². The normalized spacial score (nSPS) is 10.9. The molecule has 0 spiro atoms. The Labute approximate surface area is 156 Å². The summed E-state index contributed by atoms with van der Waals surface area (Å²) in [4.78, 5) is 4.31. The summed E-state index contributed by atoms with van der Waals surface area (Å²) < 4.78 is 16.1. The molecule has 0 saturated heterocycles. The van der Waals surface area contributed by atoms with E-state index in [0.717, 1.165) is 22.2 Å². The summed E-state index contributed by atoms with van der Waals surface area (Å²) in [7, 11) is 4.71. The van der Waals surface area contributed by atoms with E-state index < -0.39 is 0 Å². The van der Waals surface area contributed by atoms with E-state index in [0.29, 0.717) is 22.3 Å². The van der Waals surface area contributed by atoms with E-state index in [1.807, 2.05) is 30.3 Å². The lowest BCUT2D eigenvalue weighted by atomic mass is 10.2. The maximum Gasteiger partial charge on any atom is 0.203 e. The first-order valence-corrected chi connectivity index (χ1v) is 8.18. The van der Waals surface area contributed by atoms with E-state index in [-0.39, 0.29) is 0 Å². The summed E-state index contributed by atoms with van der Waals surface area (Å²) in [5.74, 6) is 1.65. The van der Waals surface area contributed by atoms with Crippen LogP contribution in [0.1, 0.15) is 5.56 Å². The fourth-order valence-electron chi connectivity index (χ4n) is 2.62. The van der Waals surface area contributed by atoms with Crippen LogP contribution in [-0.2, 0) is 0 Å². The molecule has 134 valence electrons. The topological polar surface area (TPSA) is 65.0 Å². The zero-order valence-corrected chi connectivity index (χ0v) is 15.4. The van der Waals surface area contributed by atoms with Crippen LogP contribution in [0.5, 0.6) is 17.2 Å². The van der Waals surface area contributed by atoms with Crippen molar-refractivity contribution in [3.63, 3.8) is 0 Å². The van der Waals surface area contributed by atoms with Gasteiger partial charge in [-0.1, -0.05) is 11.6 Å². The van der Waals surface area contributed by atoms with Crippen LogP contribution in [0, 0.1) is 0 Å². The second kappa shape index (κ2) is 7.93. The second-order valence-electron chi connectivity index (χ2n) is 5.31. The molecule has 0 atom stereocenters. The van der Waals surface area contributed by atoms with Crippen molar-refractivity contribution in [1.82, 2.24) is 4.98 Å². The molecule has 0 unspecified atom stereocenters. The number of nitrogens with one attached hydrogen (secondary N) is 1. The van der Waals surface area contributed by atoms with Crippen LogP contribution in [0.15, 0.2) is 47.7 Å². The third kappa shape index (κ3) is 3.50. The molecule has 1 heterocycles. The Hall–Kier alpha value is -2.99. The highest BCUT2D eigenvalue weighted by Gasteiger charge is 2.14. The average Bonchev–Trinajstić information content (AvgIpc) is 2.67. The first kappa shape index (κ1) is 17.8. The molecular weight excluding hydrogens is 354 g/mol. The molecule has 3 aromatic rings. The highest BCUT2D eigenvalue weighted by atomic mass is 35.5. The molecular formula is C19H18ClN3O3. The monoisotopic (exact) mass is 371 g/mol. The minimum Gasteiger partial charge on any atom is -0.493 e. The van der Waals surface area contributed by atoms with Crippen molar-refractivity contribution in [2.24, 2.45) is 5.10 Å². The third-order valence-corrected chi connectivity index (χ3v) is 4.06. The molecule has 2 aromatic carbocycles. The number of nitrogens with zero attached hydrogens (tertiary/aromatic N) is 2. The number of ether oxygens (including phenoxy) is 3. The van der Waals surface area contributed by atoms with Crippen LogP contribution in [0.25, 0.3) is 10.9 Å². The Kier molecular flexibility index (Phi) is 5.43. The highest BCUT2D eigenvalue weighted by Crippen LogP contribution is 2.39. The first-order valence-electron chi connectivity index (χ1n) is 7.80. The summed E-state index contributed by atoms with van der Waals surface area (Å²) in [5, 5.41) is 5.88. The zero-order chi connectivity index (χ0) is 18.5. The lowest BCUT2D eigenvalue weighted by molar-refractivity contribution is 0.324. The fourth-order valence-corrected chi connectivity index (χ4v) is 2.78. The van der Waals surface area contributed by atoms with Crippen molar-refractivity contribution in [3.8, 4) is 17.2 Å². The summed E-state index contributed by atoms with van der Waals surface area (Å²) >= 11 is 6.02. The van der Waals surface area contributed by atoms with Gasteiger partial charge in [0.05, 0.1) is 38.7 Å². The molecule has 0 saturated carbocycles. The van der Waals surface area contributed by atoms with Crippen molar-refractivity contribution in [2.45, 2.75) is 0 Å². The number of halogens is 1. The zero-order valence-electron chi connectivity index (χ0n) is 14.6. The van der Waals surface area contributed by atoms with Crippen LogP contribution in [-0.4, -0.2) is 32.5 Å². The molecule has 1 aromatic heterocycles. The number of anilines is 1. The van der Waals surface area contributed by atoms with Gasteiger partial charge >= 0.3 is 0 Å². The number of aromatic nitrogens is 1. The Bertz CT molecular complexity index is 960. The van der Waals surface area contributed by atoms with Crippen LogP contribution in [0.4, 0.5) is 5.69 Å². The molecule has 3 rings (SSSR count). The van der Waals surface area contributed by atoms with Gasteiger partial charge < -0.3 is 14.2 Å². The van der Waals surface area contributed by atoms with E-state index >= 15 is 0 Å². The second-order valence-corrected chi connectivity index (χ2v) is 5.75. The van der Waals surface area contributed by atoms with Crippen LogP contribution in [0.3, 0.4) is 0 Å². The van der Waals surface area contributed by atoms with E-state index in [9.17, 15) is 0 Å². The smallest absolute Gasteiger partial charge is 0.203 e. The Morgan fingerprint density at radius 1 is 1.00 bits per heavy atom. The average molecular weight is 372 g/mol. The van der Waals surface area contributed by atoms with Crippen molar-refractivity contribution in [3.05, 3.63) is 53.2 Å². The van der Waals surface area contributed by atoms with E-state index in [4.69, 9.17) is 25.8 Å².